The highest BCUT2D eigenvalue weighted by molar-refractivity contribution is 5.69. The van der Waals surface area contributed by atoms with Crippen molar-refractivity contribution in [2.24, 2.45) is 5.92 Å². The van der Waals surface area contributed by atoms with Crippen molar-refractivity contribution in [2.45, 2.75) is 26.2 Å². The topological polar surface area (TPSA) is 47.6 Å². The van der Waals surface area contributed by atoms with Gasteiger partial charge in [-0.3, -0.25) is 4.79 Å². The van der Waals surface area contributed by atoms with E-state index in [1.54, 1.807) is 0 Å². The van der Waals surface area contributed by atoms with Gasteiger partial charge in [-0.2, -0.15) is 0 Å². The molecule has 0 aromatic heterocycles. The molecule has 15 heavy (non-hydrogen) atoms. The van der Waals surface area contributed by atoms with E-state index in [1.807, 2.05) is 6.92 Å². The quantitative estimate of drug-likeness (QED) is 0.529. The summed E-state index contributed by atoms with van der Waals surface area (Å²) in [6, 6.07) is 0. The number of carbonyl (C=O) groups is 1. The highest BCUT2D eigenvalue weighted by atomic mass is 16.5. The molecular weight excluding hydrogens is 194 g/mol. The minimum atomic E-state index is -0.114. The van der Waals surface area contributed by atoms with Gasteiger partial charge in [-0.15, -0.1) is 0 Å². The molecule has 0 aliphatic carbocycles. The largest absolute Gasteiger partial charge is 0.466 e. The Labute approximate surface area is 91.3 Å². The van der Waals surface area contributed by atoms with Gasteiger partial charge in [0.2, 0.25) is 0 Å². The van der Waals surface area contributed by atoms with Crippen molar-refractivity contribution >= 4 is 5.97 Å². The smallest absolute Gasteiger partial charge is 0.307 e. The Hall–Kier alpha value is -0.610. The van der Waals surface area contributed by atoms with E-state index in [2.05, 4.69) is 5.32 Å². The van der Waals surface area contributed by atoms with Crippen LogP contribution in [0.1, 0.15) is 26.2 Å². The predicted octanol–water partition coefficient (Wildman–Crippen LogP) is 0.956. The fourth-order valence-corrected chi connectivity index (χ4v) is 1.68. The van der Waals surface area contributed by atoms with Crippen LogP contribution in [-0.2, 0) is 14.3 Å². The van der Waals surface area contributed by atoms with Crippen LogP contribution in [0.2, 0.25) is 0 Å². The summed E-state index contributed by atoms with van der Waals surface area (Å²) in [5.41, 5.74) is 0. The molecule has 0 aromatic carbocycles. The Kier molecular flexibility index (Phi) is 6.36. The van der Waals surface area contributed by atoms with Crippen molar-refractivity contribution in [3.8, 4) is 0 Å². The molecule has 0 aromatic rings. The molecule has 1 aliphatic rings. The predicted molar refractivity (Wildman–Crippen MR) is 57.7 cm³/mol. The summed E-state index contributed by atoms with van der Waals surface area (Å²) >= 11 is 0. The molecule has 1 saturated heterocycles. The molecule has 1 aliphatic heterocycles. The Morgan fingerprint density at radius 1 is 1.47 bits per heavy atom. The summed E-state index contributed by atoms with van der Waals surface area (Å²) in [5.74, 6) is 0.595. The van der Waals surface area contributed by atoms with E-state index in [9.17, 15) is 4.79 Å². The first-order valence-electron chi connectivity index (χ1n) is 5.77. The average Bonchev–Trinajstić information content (AvgIpc) is 2.26. The van der Waals surface area contributed by atoms with Gasteiger partial charge in [0.25, 0.3) is 0 Å². The minimum Gasteiger partial charge on any atom is -0.466 e. The fourth-order valence-electron chi connectivity index (χ4n) is 1.68. The molecule has 1 rings (SSSR count). The Balaban J connectivity index is 1.93. The standard InChI is InChI=1S/C11H21NO3/c1-2-15-11(13)3-6-12-9-10-4-7-14-8-5-10/h10,12H,2-9H2,1H3. The van der Waals surface area contributed by atoms with Crippen LogP contribution in [0.4, 0.5) is 0 Å². The first-order valence-corrected chi connectivity index (χ1v) is 5.77. The summed E-state index contributed by atoms with van der Waals surface area (Å²) in [6.45, 7) is 5.76. The van der Waals surface area contributed by atoms with Gasteiger partial charge >= 0.3 is 5.97 Å². The summed E-state index contributed by atoms with van der Waals surface area (Å²) < 4.78 is 10.1. The maximum Gasteiger partial charge on any atom is 0.307 e. The number of hydrogen-bond donors (Lipinski definition) is 1. The summed E-state index contributed by atoms with van der Waals surface area (Å²) in [6.07, 6.45) is 2.73. The zero-order chi connectivity index (χ0) is 10.9. The van der Waals surface area contributed by atoms with E-state index in [0.29, 0.717) is 18.9 Å². The van der Waals surface area contributed by atoms with Gasteiger partial charge in [0.05, 0.1) is 13.0 Å². The molecule has 0 atom stereocenters. The maximum absolute atomic E-state index is 11.0. The monoisotopic (exact) mass is 215 g/mol. The zero-order valence-corrected chi connectivity index (χ0v) is 9.46. The Bertz CT molecular complexity index is 179. The third-order valence-corrected chi connectivity index (χ3v) is 2.59. The number of carbonyl (C=O) groups excluding carboxylic acids is 1. The molecule has 88 valence electrons. The SMILES string of the molecule is CCOC(=O)CCNCC1CCOCC1. The van der Waals surface area contributed by atoms with Gasteiger partial charge in [0.15, 0.2) is 0 Å². The van der Waals surface area contributed by atoms with E-state index < -0.39 is 0 Å². The van der Waals surface area contributed by atoms with E-state index in [4.69, 9.17) is 9.47 Å². The third-order valence-electron chi connectivity index (χ3n) is 2.59. The van der Waals surface area contributed by atoms with Crippen molar-refractivity contribution in [1.29, 1.82) is 0 Å². The minimum absolute atomic E-state index is 0.114. The normalized spacial score (nSPS) is 17.7. The molecule has 0 saturated carbocycles. The molecule has 4 nitrogen and oxygen atoms in total. The van der Waals surface area contributed by atoms with E-state index in [1.165, 1.54) is 0 Å². The van der Waals surface area contributed by atoms with Crippen LogP contribution in [0.5, 0.6) is 0 Å². The van der Waals surface area contributed by atoms with Gasteiger partial charge in [0.1, 0.15) is 0 Å². The van der Waals surface area contributed by atoms with Gasteiger partial charge in [-0.1, -0.05) is 0 Å². The van der Waals surface area contributed by atoms with Crippen molar-refractivity contribution in [3.63, 3.8) is 0 Å². The molecule has 0 amide bonds. The second-order valence-electron chi connectivity index (χ2n) is 3.81. The van der Waals surface area contributed by atoms with Gasteiger partial charge < -0.3 is 14.8 Å². The van der Waals surface area contributed by atoms with Crippen molar-refractivity contribution in [1.82, 2.24) is 5.32 Å². The second-order valence-corrected chi connectivity index (χ2v) is 3.81. The van der Waals surface area contributed by atoms with Crippen LogP contribution in [0, 0.1) is 5.92 Å². The maximum atomic E-state index is 11.0. The molecule has 0 bridgehead atoms. The van der Waals surface area contributed by atoms with Crippen LogP contribution in [0.15, 0.2) is 0 Å². The number of hydrogen-bond acceptors (Lipinski definition) is 4. The number of nitrogens with one attached hydrogen (secondary N) is 1. The average molecular weight is 215 g/mol. The number of esters is 1. The van der Waals surface area contributed by atoms with E-state index in [0.717, 1.165) is 39.1 Å². The van der Waals surface area contributed by atoms with Gasteiger partial charge in [0, 0.05) is 19.8 Å². The highest BCUT2D eigenvalue weighted by Crippen LogP contribution is 2.12. The van der Waals surface area contributed by atoms with E-state index >= 15 is 0 Å². The summed E-state index contributed by atoms with van der Waals surface area (Å²) in [4.78, 5) is 11.0. The number of ether oxygens (including phenoxy) is 2. The lowest BCUT2D eigenvalue weighted by atomic mass is 10.0. The van der Waals surface area contributed by atoms with Crippen LogP contribution < -0.4 is 5.32 Å². The second kappa shape index (κ2) is 7.65. The highest BCUT2D eigenvalue weighted by Gasteiger charge is 2.12. The zero-order valence-electron chi connectivity index (χ0n) is 9.46. The molecule has 0 spiro atoms. The summed E-state index contributed by atoms with van der Waals surface area (Å²) in [5, 5.41) is 3.29. The molecule has 4 heteroatoms. The Morgan fingerprint density at radius 2 is 2.20 bits per heavy atom. The van der Waals surface area contributed by atoms with Gasteiger partial charge in [-0.05, 0) is 32.2 Å². The lowest BCUT2D eigenvalue weighted by molar-refractivity contribution is -0.142. The van der Waals surface area contributed by atoms with Crippen LogP contribution in [0.25, 0.3) is 0 Å². The molecule has 1 fully saturated rings. The lowest BCUT2D eigenvalue weighted by Gasteiger charge is -2.22. The van der Waals surface area contributed by atoms with Crippen LogP contribution >= 0.6 is 0 Å². The summed E-state index contributed by atoms with van der Waals surface area (Å²) in [7, 11) is 0. The number of rotatable bonds is 6. The molecule has 0 radical (unpaired) electrons. The van der Waals surface area contributed by atoms with Crippen LogP contribution in [0.3, 0.4) is 0 Å². The molecule has 1 N–H and O–H groups in total. The van der Waals surface area contributed by atoms with Gasteiger partial charge in [-0.25, -0.2) is 0 Å². The first-order chi connectivity index (χ1) is 7.33. The fraction of sp³-hybridized carbons (Fsp3) is 0.909. The van der Waals surface area contributed by atoms with E-state index in [-0.39, 0.29) is 5.97 Å². The van der Waals surface area contributed by atoms with Crippen molar-refractivity contribution in [2.75, 3.05) is 32.9 Å². The lowest BCUT2D eigenvalue weighted by Crippen LogP contribution is -2.29. The van der Waals surface area contributed by atoms with Crippen molar-refractivity contribution < 1.29 is 14.3 Å². The Morgan fingerprint density at radius 3 is 2.87 bits per heavy atom. The molecule has 0 unspecified atom stereocenters. The van der Waals surface area contributed by atoms with Crippen molar-refractivity contribution in [3.05, 3.63) is 0 Å². The molecular formula is C11H21NO3. The first kappa shape index (κ1) is 12.5. The molecule has 1 heterocycles. The van der Waals surface area contributed by atoms with Crippen LogP contribution in [-0.4, -0.2) is 38.9 Å². The third kappa shape index (κ3) is 5.74.